The van der Waals surface area contributed by atoms with E-state index < -0.39 is 0 Å². The number of rotatable bonds is 7. The Morgan fingerprint density at radius 1 is 1.11 bits per heavy atom. The third-order valence-electron chi connectivity index (χ3n) is 8.35. The van der Waals surface area contributed by atoms with Gasteiger partial charge in [-0.1, -0.05) is 45.0 Å². The summed E-state index contributed by atoms with van der Waals surface area (Å²) in [5.41, 5.74) is 13.0. The lowest BCUT2D eigenvalue weighted by Crippen LogP contribution is -2.37. The van der Waals surface area contributed by atoms with Crippen LogP contribution in [0.4, 0.5) is 28.6 Å². The molecule has 2 heterocycles. The Hall–Kier alpha value is -4.63. The van der Waals surface area contributed by atoms with Crippen LogP contribution in [-0.2, 0) is 12.5 Å². The number of aliphatic hydroxyl groups is 1. The average molecular weight is 595 g/mol. The van der Waals surface area contributed by atoms with Crippen LogP contribution in [0, 0.1) is 12.8 Å². The van der Waals surface area contributed by atoms with Crippen LogP contribution in [-0.4, -0.2) is 40.3 Å². The number of anilines is 5. The first-order chi connectivity index (χ1) is 20.9. The van der Waals surface area contributed by atoms with Crippen molar-refractivity contribution in [1.82, 2.24) is 9.55 Å². The monoisotopic (exact) mass is 594 g/mol. The maximum Gasteiger partial charge on any atom is 0.293 e. The molecule has 44 heavy (non-hydrogen) atoms. The fraction of sp³-hybridized carbons (Fsp3) is 0.343. The molecule has 0 saturated carbocycles. The number of amides is 1. The summed E-state index contributed by atoms with van der Waals surface area (Å²) in [5.74, 6) is 0.216. The number of hydrogen-bond acceptors (Lipinski definition) is 7. The number of piperidine rings is 1. The van der Waals surface area contributed by atoms with Crippen molar-refractivity contribution >= 4 is 34.5 Å². The van der Waals surface area contributed by atoms with Crippen LogP contribution >= 0.6 is 0 Å². The van der Waals surface area contributed by atoms with Crippen molar-refractivity contribution < 1.29 is 9.90 Å². The van der Waals surface area contributed by atoms with Gasteiger partial charge in [0.1, 0.15) is 0 Å². The van der Waals surface area contributed by atoms with E-state index in [0.717, 1.165) is 48.3 Å². The summed E-state index contributed by atoms with van der Waals surface area (Å²) in [6, 6.07) is 18.9. The molecule has 9 heteroatoms. The van der Waals surface area contributed by atoms with Gasteiger partial charge >= 0.3 is 0 Å². The van der Waals surface area contributed by atoms with Crippen LogP contribution in [0.5, 0.6) is 0 Å². The third-order valence-corrected chi connectivity index (χ3v) is 8.35. The lowest BCUT2D eigenvalue weighted by Gasteiger charge is -2.34. The van der Waals surface area contributed by atoms with Crippen molar-refractivity contribution in [3.63, 3.8) is 0 Å². The number of nitrogens with two attached hydrogens (primary N) is 1. The molecule has 1 amide bonds. The summed E-state index contributed by atoms with van der Waals surface area (Å²) in [7, 11) is 1.69. The smallest absolute Gasteiger partial charge is 0.293 e. The number of aromatic nitrogens is 2. The quantitative estimate of drug-likeness (QED) is 0.198. The van der Waals surface area contributed by atoms with Gasteiger partial charge in [-0.25, -0.2) is 4.98 Å². The van der Waals surface area contributed by atoms with E-state index in [1.165, 1.54) is 4.57 Å². The fourth-order valence-corrected chi connectivity index (χ4v) is 5.67. The minimum Gasteiger partial charge on any atom is -0.397 e. The first-order valence-electron chi connectivity index (χ1n) is 15.1. The van der Waals surface area contributed by atoms with E-state index in [2.05, 4.69) is 36.3 Å². The molecule has 5 N–H and O–H groups in total. The van der Waals surface area contributed by atoms with E-state index in [4.69, 9.17) is 10.7 Å². The van der Waals surface area contributed by atoms with Gasteiger partial charge in [0.25, 0.3) is 11.5 Å². The molecule has 1 aliphatic rings. The molecule has 230 valence electrons. The van der Waals surface area contributed by atoms with Gasteiger partial charge in [-0.3, -0.25) is 9.59 Å². The molecule has 1 aromatic heterocycles. The molecule has 0 aliphatic carbocycles. The number of carbonyl (C=O) groups excluding carboxylic acids is 1. The highest BCUT2D eigenvalue weighted by atomic mass is 16.3. The molecule has 3 aromatic carbocycles. The maximum absolute atomic E-state index is 13.1. The normalized spacial score (nSPS) is 15.2. The summed E-state index contributed by atoms with van der Waals surface area (Å²) in [5, 5.41) is 15.8. The molecule has 4 aromatic rings. The van der Waals surface area contributed by atoms with Gasteiger partial charge in [-0.05, 0) is 78.6 Å². The molecule has 5 rings (SSSR count). The summed E-state index contributed by atoms with van der Waals surface area (Å²) < 4.78 is 1.49. The van der Waals surface area contributed by atoms with Crippen molar-refractivity contribution in [1.29, 1.82) is 0 Å². The molecular formula is C35H42N6O3. The lowest BCUT2D eigenvalue weighted by atomic mass is 9.86. The second-order valence-corrected chi connectivity index (χ2v) is 12.7. The highest BCUT2D eigenvalue weighted by Gasteiger charge is 2.21. The standard InChI is InChI=1S/C35H42N6O3/c1-22-27(9-6-10-29(22)39-33(43)24-11-13-25(14-12-24)35(2,3)4)30-20-40(5)34(44)32(38-30)37-26-15-16-31(28(36)18-26)41-17-7-8-23(19-41)21-42/h6,9-16,18,20,23,42H,7-8,17,19,21,36H2,1-5H3,(H,37,38)(H,39,43). The van der Waals surface area contributed by atoms with E-state index in [1.807, 2.05) is 61.5 Å². The van der Waals surface area contributed by atoms with E-state index in [9.17, 15) is 14.7 Å². The van der Waals surface area contributed by atoms with Crippen LogP contribution < -0.4 is 26.8 Å². The molecule has 0 bridgehead atoms. The van der Waals surface area contributed by atoms with Gasteiger partial charge in [-0.15, -0.1) is 0 Å². The Bertz CT molecular complexity index is 1720. The summed E-state index contributed by atoms with van der Waals surface area (Å²) in [6.45, 7) is 10.2. The Morgan fingerprint density at radius 3 is 2.55 bits per heavy atom. The van der Waals surface area contributed by atoms with Crippen LogP contribution in [0.3, 0.4) is 0 Å². The number of aryl methyl sites for hydroxylation is 1. The topological polar surface area (TPSA) is 126 Å². The minimum absolute atomic E-state index is 0.00433. The Kier molecular flexibility index (Phi) is 8.78. The Morgan fingerprint density at radius 2 is 1.86 bits per heavy atom. The van der Waals surface area contributed by atoms with Gasteiger partial charge in [-0.2, -0.15) is 0 Å². The molecular weight excluding hydrogens is 552 g/mol. The summed E-state index contributed by atoms with van der Waals surface area (Å²) in [6.07, 6.45) is 3.71. The predicted molar refractivity (Wildman–Crippen MR) is 179 cm³/mol. The van der Waals surface area contributed by atoms with E-state index >= 15 is 0 Å². The first kappa shape index (κ1) is 30.8. The van der Waals surface area contributed by atoms with Crippen molar-refractivity contribution in [3.8, 4) is 11.3 Å². The number of nitrogens with one attached hydrogen (secondary N) is 2. The van der Waals surface area contributed by atoms with Gasteiger partial charge in [0.2, 0.25) is 0 Å². The molecule has 0 radical (unpaired) electrons. The number of carbonyl (C=O) groups is 1. The molecule has 1 fully saturated rings. The number of nitrogen functional groups attached to an aromatic ring is 1. The number of benzene rings is 3. The van der Waals surface area contributed by atoms with Crippen molar-refractivity contribution in [2.45, 2.75) is 46.0 Å². The molecule has 0 spiro atoms. The molecule has 9 nitrogen and oxygen atoms in total. The second-order valence-electron chi connectivity index (χ2n) is 12.7. The van der Waals surface area contributed by atoms with E-state index in [1.54, 1.807) is 19.3 Å². The number of nitrogens with zero attached hydrogens (tertiary/aromatic N) is 3. The number of aliphatic hydroxyl groups excluding tert-OH is 1. The second kappa shape index (κ2) is 12.5. The summed E-state index contributed by atoms with van der Waals surface area (Å²) >= 11 is 0. The predicted octanol–water partition coefficient (Wildman–Crippen LogP) is 5.84. The zero-order valence-corrected chi connectivity index (χ0v) is 26.1. The number of hydrogen-bond donors (Lipinski definition) is 4. The largest absolute Gasteiger partial charge is 0.397 e. The molecule has 1 atom stereocenters. The molecule has 1 aliphatic heterocycles. The van der Waals surface area contributed by atoms with Crippen molar-refractivity contribution in [2.75, 3.05) is 41.0 Å². The van der Waals surface area contributed by atoms with Crippen LogP contribution in [0.25, 0.3) is 11.3 Å². The highest BCUT2D eigenvalue weighted by molar-refractivity contribution is 6.05. The van der Waals surface area contributed by atoms with Gasteiger partial charge < -0.3 is 30.9 Å². The van der Waals surface area contributed by atoms with Crippen LogP contribution in [0.15, 0.2) is 71.7 Å². The lowest BCUT2D eigenvalue weighted by molar-refractivity contribution is 0.102. The fourth-order valence-electron chi connectivity index (χ4n) is 5.67. The van der Waals surface area contributed by atoms with Crippen LogP contribution in [0.1, 0.15) is 55.1 Å². The maximum atomic E-state index is 13.1. The molecule has 1 saturated heterocycles. The van der Waals surface area contributed by atoms with Crippen LogP contribution in [0.2, 0.25) is 0 Å². The molecule has 1 unspecified atom stereocenters. The van der Waals surface area contributed by atoms with E-state index in [0.29, 0.717) is 28.3 Å². The third kappa shape index (κ3) is 6.63. The van der Waals surface area contributed by atoms with E-state index in [-0.39, 0.29) is 35.2 Å². The first-order valence-corrected chi connectivity index (χ1v) is 15.1. The SMILES string of the molecule is Cc1c(NC(=O)c2ccc(C(C)(C)C)cc2)cccc1-c1cn(C)c(=O)c(Nc2ccc(N3CCCC(CO)C3)c(N)c2)n1. The van der Waals surface area contributed by atoms with Crippen molar-refractivity contribution in [2.24, 2.45) is 13.0 Å². The summed E-state index contributed by atoms with van der Waals surface area (Å²) in [4.78, 5) is 33.1. The zero-order valence-electron chi connectivity index (χ0n) is 26.1. The van der Waals surface area contributed by atoms with Gasteiger partial charge in [0.15, 0.2) is 5.82 Å². The zero-order chi connectivity index (χ0) is 31.6. The minimum atomic E-state index is -0.279. The van der Waals surface area contributed by atoms with Gasteiger partial charge in [0.05, 0.1) is 17.1 Å². The Balaban J connectivity index is 1.38. The Labute approximate surface area is 258 Å². The van der Waals surface area contributed by atoms with Crippen molar-refractivity contribution in [3.05, 3.63) is 93.9 Å². The average Bonchev–Trinajstić information content (AvgIpc) is 3.00. The van der Waals surface area contributed by atoms with Gasteiger partial charge in [0, 0.05) is 55.4 Å². The highest BCUT2D eigenvalue weighted by Crippen LogP contribution is 2.32.